The van der Waals surface area contributed by atoms with E-state index in [0.29, 0.717) is 30.2 Å². The molecule has 0 bridgehead atoms. The number of hydrogen-bond donors (Lipinski definition) is 3. The second-order valence-corrected chi connectivity index (χ2v) is 12.0. The van der Waals surface area contributed by atoms with Crippen LogP contribution < -0.4 is 19.7 Å². The Hall–Kier alpha value is -4.40. The molecular formula is C32H42F3N5O7. The Morgan fingerprint density at radius 2 is 1.72 bits per heavy atom. The number of rotatable bonds is 9. The van der Waals surface area contributed by atoms with Crippen LogP contribution in [-0.4, -0.2) is 98.3 Å². The Labute approximate surface area is 271 Å². The third kappa shape index (κ3) is 8.70. The van der Waals surface area contributed by atoms with Crippen LogP contribution in [0.1, 0.15) is 78.2 Å². The number of aliphatic carboxylic acids is 1. The molecule has 4 rings (SSSR count). The molecule has 258 valence electrons. The van der Waals surface area contributed by atoms with Crippen molar-refractivity contribution in [2.24, 2.45) is 0 Å². The smallest absolute Gasteiger partial charge is 0.490 e. The van der Waals surface area contributed by atoms with Crippen molar-refractivity contribution in [3.63, 3.8) is 0 Å². The van der Waals surface area contributed by atoms with E-state index in [1.807, 2.05) is 19.1 Å². The number of carbonyl (C=O) groups is 3. The maximum absolute atomic E-state index is 13.8. The molecule has 0 radical (unpaired) electrons. The maximum atomic E-state index is 13.8. The summed E-state index contributed by atoms with van der Waals surface area (Å²) in [5.74, 6) is -1.97. The van der Waals surface area contributed by atoms with Crippen molar-refractivity contribution in [1.82, 2.24) is 15.2 Å². The van der Waals surface area contributed by atoms with Crippen molar-refractivity contribution >= 4 is 29.2 Å². The van der Waals surface area contributed by atoms with Crippen molar-refractivity contribution in [2.45, 2.75) is 64.8 Å². The number of nitrogens with one attached hydrogen (secondary N) is 2. The highest BCUT2D eigenvalue weighted by atomic mass is 19.4. The molecule has 47 heavy (non-hydrogen) atoms. The van der Waals surface area contributed by atoms with Crippen LogP contribution in [0.5, 0.6) is 11.5 Å². The van der Waals surface area contributed by atoms with Crippen LogP contribution in [0.25, 0.3) is 0 Å². The summed E-state index contributed by atoms with van der Waals surface area (Å²) in [5, 5.41) is 18.5. The van der Waals surface area contributed by atoms with E-state index < -0.39 is 12.1 Å². The monoisotopic (exact) mass is 665 g/mol. The van der Waals surface area contributed by atoms with E-state index in [4.69, 9.17) is 29.5 Å². The van der Waals surface area contributed by atoms with Crippen LogP contribution in [0.4, 0.5) is 18.9 Å². The number of carbonyl (C=O) groups excluding carboxylic acids is 2. The number of ether oxygens (including phenoxy) is 3. The van der Waals surface area contributed by atoms with Crippen molar-refractivity contribution in [2.75, 3.05) is 52.4 Å². The second kappa shape index (κ2) is 15.0. The zero-order chi connectivity index (χ0) is 35.3. The van der Waals surface area contributed by atoms with E-state index in [1.54, 1.807) is 25.2 Å². The van der Waals surface area contributed by atoms with E-state index in [2.05, 4.69) is 36.0 Å². The lowest BCUT2D eigenvalue weighted by atomic mass is 9.84. The summed E-state index contributed by atoms with van der Waals surface area (Å²) in [7, 11) is 4.95. The van der Waals surface area contributed by atoms with Gasteiger partial charge in [0.15, 0.2) is 17.2 Å². The predicted molar refractivity (Wildman–Crippen MR) is 168 cm³/mol. The number of amidine groups is 1. The zero-order valence-electron chi connectivity index (χ0n) is 27.6. The van der Waals surface area contributed by atoms with Gasteiger partial charge in [0.2, 0.25) is 0 Å². The molecule has 0 aliphatic carbocycles. The molecule has 2 aromatic rings. The molecule has 2 aliphatic heterocycles. The second-order valence-electron chi connectivity index (χ2n) is 12.0. The van der Waals surface area contributed by atoms with Crippen LogP contribution in [0.3, 0.4) is 0 Å². The minimum Gasteiger partial charge on any atom is -0.494 e. The number of carboxylic acid groups (broad SMARTS) is 1. The number of fused-ring (bicyclic) bond motifs is 1. The van der Waals surface area contributed by atoms with Gasteiger partial charge in [0.1, 0.15) is 17.3 Å². The molecule has 1 fully saturated rings. The minimum atomic E-state index is -5.08. The van der Waals surface area contributed by atoms with Crippen molar-refractivity contribution < 1.29 is 46.9 Å². The van der Waals surface area contributed by atoms with Crippen LogP contribution in [0.2, 0.25) is 0 Å². The van der Waals surface area contributed by atoms with E-state index in [-0.39, 0.29) is 41.3 Å². The van der Waals surface area contributed by atoms with E-state index in [1.165, 1.54) is 7.05 Å². The number of aromatic nitrogens is 1. The first kappa shape index (κ1) is 37.1. The number of amides is 1. The Kier molecular flexibility index (Phi) is 11.8. The number of alkyl halides is 3. The first-order valence-electron chi connectivity index (χ1n) is 15.0. The summed E-state index contributed by atoms with van der Waals surface area (Å²) in [4.78, 5) is 43.5. The van der Waals surface area contributed by atoms with Gasteiger partial charge in [-0.05, 0) is 43.4 Å². The number of hydrogen-bond acceptors (Lipinski definition) is 9. The molecule has 1 aromatic carbocycles. The van der Waals surface area contributed by atoms with Crippen molar-refractivity contribution in [1.29, 1.82) is 5.41 Å². The number of pyridine rings is 1. The van der Waals surface area contributed by atoms with Crippen molar-refractivity contribution in [3.8, 4) is 11.5 Å². The fourth-order valence-electron chi connectivity index (χ4n) is 5.35. The third-order valence-electron chi connectivity index (χ3n) is 7.81. The molecule has 12 nitrogen and oxygen atoms in total. The zero-order valence-corrected chi connectivity index (χ0v) is 27.6. The number of anilines is 1. The molecule has 1 aromatic heterocycles. The average molecular weight is 666 g/mol. The topological polar surface area (TPSA) is 154 Å². The highest BCUT2D eigenvalue weighted by molar-refractivity contribution is 6.06. The number of halogens is 3. The molecule has 0 atom stereocenters. The summed E-state index contributed by atoms with van der Waals surface area (Å²) in [5.41, 5.74) is 3.46. The van der Waals surface area contributed by atoms with Gasteiger partial charge in [0.05, 0.1) is 32.1 Å². The van der Waals surface area contributed by atoms with Gasteiger partial charge in [-0.25, -0.2) is 9.78 Å². The Bertz CT molecular complexity index is 1500. The Morgan fingerprint density at radius 3 is 2.21 bits per heavy atom. The standard InChI is InChI=1S/C30H41N5O5.C2HF3O2/c1-8-40-24-15-19-16-35(28(31)25(19)33-26(24)29(37)32-5)17-23(36)18-13-21(30(2,3)4)27(39-7)22(14-18)34-11-9-20(38-6)10-12-34;3-2(4,5)1(6)7/h13-15,20,31H,8-12,16-17H2,1-7H3,(H,32,37);(H,6,7). The number of carboxylic acids is 1. The van der Waals surface area contributed by atoms with Gasteiger partial charge < -0.3 is 34.4 Å². The van der Waals surface area contributed by atoms with Gasteiger partial charge in [-0.15, -0.1) is 0 Å². The molecule has 15 heteroatoms. The summed E-state index contributed by atoms with van der Waals surface area (Å²) >= 11 is 0. The van der Waals surface area contributed by atoms with Crippen LogP contribution in [0.15, 0.2) is 18.2 Å². The van der Waals surface area contributed by atoms with Gasteiger partial charge in [-0.3, -0.25) is 15.0 Å². The van der Waals surface area contributed by atoms with Crippen LogP contribution >= 0.6 is 0 Å². The summed E-state index contributed by atoms with van der Waals surface area (Å²) in [6.45, 7) is 10.5. The molecule has 0 saturated carbocycles. The average Bonchev–Trinajstić information content (AvgIpc) is 3.32. The predicted octanol–water partition coefficient (Wildman–Crippen LogP) is 4.42. The maximum Gasteiger partial charge on any atom is 0.490 e. The van der Waals surface area contributed by atoms with Gasteiger partial charge in [-0.2, -0.15) is 13.2 Å². The largest absolute Gasteiger partial charge is 0.494 e. The first-order chi connectivity index (χ1) is 22.0. The molecule has 2 aliphatic rings. The van der Waals surface area contributed by atoms with E-state index in [9.17, 15) is 22.8 Å². The quantitative estimate of drug-likeness (QED) is 0.328. The van der Waals surface area contributed by atoms with Gasteiger partial charge >= 0.3 is 12.1 Å². The molecular weight excluding hydrogens is 623 g/mol. The fourth-order valence-corrected chi connectivity index (χ4v) is 5.35. The highest BCUT2D eigenvalue weighted by Gasteiger charge is 2.38. The lowest BCUT2D eigenvalue weighted by molar-refractivity contribution is -0.192. The number of benzene rings is 1. The van der Waals surface area contributed by atoms with Crippen LogP contribution in [-0.2, 0) is 21.5 Å². The fraction of sp³-hybridized carbons (Fsp3) is 0.531. The van der Waals surface area contributed by atoms with Crippen molar-refractivity contribution in [3.05, 3.63) is 46.3 Å². The molecule has 3 N–H and O–H groups in total. The first-order valence-corrected chi connectivity index (χ1v) is 15.0. The van der Waals surface area contributed by atoms with E-state index in [0.717, 1.165) is 48.5 Å². The lowest BCUT2D eigenvalue weighted by Gasteiger charge is -2.35. The normalized spacial score (nSPS) is 15.1. The lowest BCUT2D eigenvalue weighted by Crippen LogP contribution is -2.37. The number of nitrogens with zero attached hydrogens (tertiary/aromatic N) is 3. The minimum absolute atomic E-state index is 0.00949. The number of Topliss-reactive ketones (excluding diaryl/α,β-unsaturated/α-hetero) is 1. The van der Waals surface area contributed by atoms with Crippen LogP contribution in [0, 0.1) is 5.41 Å². The number of ketones is 1. The summed E-state index contributed by atoms with van der Waals surface area (Å²) in [6, 6.07) is 5.60. The molecule has 0 unspecified atom stereocenters. The van der Waals surface area contributed by atoms with Gasteiger partial charge in [-0.1, -0.05) is 20.8 Å². The summed E-state index contributed by atoms with van der Waals surface area (Å²) < 4.78 is 48.9. The number of piperidine rings is 1. The highest BCUT2D eigenvalue weighted by Crippen LogP contribution is 2.41. The van der Waals surface area contributed by atoms with Gasteiger partial charge in [0.25, 0.3) is 5.91 Å². The third-order valence-corrected chi connectivity index (χ3v) is 7.81. The Morgan fingerprint density at radius 1 is 1.11 bits per heavy atom. The number of methoxy groups -OCH3 is 2. The van der Waals surface area contributed by atoms with E-state index >= 15 is 0 Å². The molecule has 0 spiro atoms. The molecule has 1 amide bonds. The SMILES string of the molecule is CCOc1cc2c(nc1C(=O)NC)C(=N)N(CC(=O)c1cc(N3CCC(OC)CC3)c(OC)c(C(C)(C)C)c1)C2.O=C(O)C(F)(F)F. The molecule has 3 heterocycles. The Balaban J connectivity index is 0.000000771. The molecule has 1 saturated heterocycles. The van der Waals surface area contributed by atoms with Gasteiger partial charge in [0, 0.05) is 50.5 Å². The summed E-state index contributed by atoms with van der Waals surface area (Å²) in [6.07, 6.45) is -3.04.